The first-order valence-corrected chi connectivity index (χ1v) is 11.4. The van der Waals surface area contributed by atoms with Gasteiger partial charge in [-0.3, -0.25) is 4.79 Å². The normalized spacial score (nSPS) is 17.8. The summed E-state index contributed by atoms with van der Waals surface area (Å²) < 4.78 is 8.35. The number of carbonyl (C=O) groups excluding carboxylic acids is 1. The van der Waals surface area contributed by atoms with Gasteiger partial charge < -0.3 is 19.5 Å². The zero-order valence-corrected chi connectivity index (χ0v) is 18.6. The molecule has 0 aliphatic carbocycles. The number of nitrogens with zero attached hydrogens (tertiary/aromatic N) is 4. The standard InChI is InChI=1S/C27H23N5O2/c1-28-23-8-5-18-13-26(23)34-21-7-6-19-3-2-4-25(22(19)14-21)32-12-10-24(27(32)33)30-11-9-20-15-29-17-31(20)16-18/h2-8,13-15,17,24,30H,9-12,16H2/t24-/m1/s1. The van der Waals surface area contributed by atoms with Crippen LogP contribution in [-0.4, -0.2) is 34.6 Å². The van der Waals surface area contributed by atoms with Gasteiger partial charge in [-0.05, 0) is 41.6 Å². The zero-order valence-electron chi connectivity index (χ0n) is 18.6. The molecular formula is C27H23N5O2. The van der Waals surface area contributed by atoms with E-state index in [0.29, 0.717) is 36.8 Å². The maximum absolute atomic E-state index is 13.3. The van der Waals surface area contributed by atoms with Gasteiger partial charge in [0.2, 0.25) is 11.6 Å². The number of hydrogen-bond acceptors (Lipinski definition) is 4. The van der Waals surface area contributed by atoms with E-state index in [1.165, 1.54) is 0 Å². The van der Waals surface area contributed by atoms with Crippen LogP contribution in [-0.2, 0) is 17.8 Å². The molecule has 0 spiro atoms. The molecule has 3 aromatic carbocycles. The molecule has 6 bridgehead atoms. The Balaban J connectivity index is 1.48. The summed E-state index contributed by atoms with van der Waals surface area (Å²) >= 11 is 0. The number of ether oxygens (including phenoxy) is 1. The SMILES string of the molecule is [C-]#[N+]c1ccc2cc1Oc1ccc3cccc(c3c1)N1CC[C@@H](NCCc3cncn3C2)C1=O. The number of benzene rings is 3. The molecule has 1 N–H and O–H groups in total. The highest BCUT2D eigenvalue weighted by molar-refractivity contribution is 6.07. The lowest BCUT2D eigenvalue weighted by Crippen LogP contribution is -2.39. The molecule has 0 unspecified atom stereocenters. The fourth-order valence-corrected chi connectivity index (χ4v) is 4.87. The Kier molecular flexibility index (Phi) is 5.01. The lowest BCUT2D eigenvalue weighted by molar-refractivity contribution is -0.118. The number of imidazole rings is 1. The van der Waals surface area contributed by atoms with Crippen LogP contribution in [0.25, 0.3) is 15.6 Å². The van der Waals surface area contributed by atoms with Crippen molar-refractivity contribution in [2.75, 3.05) is 18.0 Å². The first kappa shape index (κ1) is 20.5. The monoisotopic (exact) mass is 449 g/mol. The third-order valence-electron chi connectivity index (χ3n) is 6.62. The van der Waals surface area contributed by atoms with Crippen LogP contribution in [0.1, 0.15) is 17.7 Å². The summed E-state index contributed by atoms with van der Waals surface area (Å²) in [6.07, 6.45) is 5.22. The molecule has 2 aliphatic rings. The Morgan fingerprint density at radius 2 is 2.09 bits per heavy atom. The van der Waals surface area contributed by atoms with Gasteiger partial charge in [0.25, 0.3) is 0 Å². The first-order valence-electron chi connectivity index (χ1n) is 11.4. The van der Waals surface area contributed by atoms with Crippen LogP contribution < -0.4 is 15.0 Å². The van der Waals surface area contributed by atoms with Crippen molar-refractivity contribution in [3.05, 3.63) is 89.8 Å². The second kappa shape index (κ2) is 8.32. The minimum absolute atomic E-state index is 0.0959. The molecule has 2 aliphatic heterocycles. The summed E-state index contributed by atoms with van der Waals surface area (Å²) in [6, 6.07) is 17.4. The molecule has 4 aromatic rings. The van der Waals surface area contributed by atoms with Crippen LogP contribution in [0.3, 0.4) is 0 Å². The van der Waals surface area contributed by atoms with Crippen LogP contribution in [0.5, 0.6) is 11.5 Å². The average Bonchev–Trinajstić information content (AvgIpc) is 3.44. The van der Waals surface area contributed by atoms with E-state index < -0.39 is 0 Å². The van der Waals surface area contributed by atoms with Crippen molar-refractivity contribution in [1.29, 1.82) is 0 Å². The number of hydrogen-bond donors (Lipinski definition) is 1. The summed E-state index contributed by atoms with van der Waals surface area (Å²) in [5.41, 5.74) is 3.47. The van der Waals surface area contributed by atoms with E-state index in [9.17, 15) is 4.79 Å². The molecular weight excluding hydrogens is 426 g/mol. The van der Waals surface area contributed by atoms with Crippen LogP contribution in [0.2, 0.25) is 0 Å². The predicted molar refractivity (Wildman–Crippen MR) is 131 cm³/mol. The van der Waals surface area contributed by atoms with E-state index in [2.05, 4.69) is 19.7 Å². The number of fused-ring (bicyclic) bond motifs is 7. The van der Waals surface area contributed by atoms with E-state index in [4.69, 9.17) is 11.3 Å². The van der Waals surface area contributed by atoms with Crippen LogP contribution >= 0.6 is 0 Å². The third kappa shape index (κ3) is 3.58. The van der Waals surface area contributed by atoms with E-state index in [-0.39, 0.29) is 11.9 Å². The first-order chi connectivity index (χ1) is 16.7. The number of anilines is 1. The maximum Gasteiger partial charge on any atom is 0.244 e. The minimum Gasteiger partial charge on any atom is -0.468 e. The van der Waals surface area contributed by atoms with Crippen molar-refractivity contribution < 1.29 is 9.53 Å². The summed E-state index contributed by atoms with van der Waals surface area (Å²) in [4.78, 5) is 23.1. The quantitative estimate of drug-likeness (QED) is 0.396. The van der Waals surface area contributed by atoms with Gasteiger partial charge in [0.1, 0.15) is 11.5 Å². The van der Waals surface area contributed by atoms with Crippen LogP contribution in [0.15, 0.2) is 67.1 Å². The summed E-state index contributed by atoms with van der Waals surface area (Å²) in [5, 5.41) is 5.45. The Morgan fingerprint density at radius 3 is 3.00 bits per heavy atom. The molecule has 168 valence electrons. The van der Waals surface area contributed by atoms with Crippen LogP contribution in [0, 0.1) is 6.57 Å². The van der Waals surface area contributed by atoms with Gasteiger partial charge in [0, 0.05) is 43.3 Å². The predicted octanol–water partition coefficient (Wildman–Crippen LogP) is 4.68. The van der Waals surface area contributed by atoms with Gasteiger partial charge in [-0.1, -0.05) is 30.3 Å². The smallest absolute Gasteiger partial charge is 0.244 e. The molecule has 1 aromatic heterocycles. The maximum atomic E-state index is 13.3. The largest absolute Gasteiger partial charge is 0.468 e. The van der Waals surface area contributed by atoms with Crippen molar-refractivity contribution >= 4 is 28.1 Å². The van der Waals surface area contributed by atoms with E-state index in [1.807, 2.05) is 66.0 Å². The Bertz CT molecular complexity index is 1450. The van der Waals surface area contributed by atoms with Crippen molar-refractivity contribution in [2.24, 2.45) is 0 Å². The molecule has 6 rings (SSSR count). The van der Waals surface area contributed by atoms with Crippen molar-refractivity contribution in [2.45, 2.75) is 25.4 Å². The number of carbonyl (C=O) groups is 1. The van der Waals surface area contributed by atoms with E-state index in [0.717, 1.165) is 40.6 Å². The van der Waals surface area contributed by atoms with Gasteiger partial charge in [-0.25, -0.2) is 9.83 Å². The van der Waals surface area contributed by atoms with Gasteiger partial charge in [-0.2, -0.15) is 0 Å². The van der Waals surface area contributed by atoms with Crippen molar-refractivity contribution in [1.82, 2.24) is 14.9 Å². The fraction of sp³-hybridized carbons (Fsp3) is 0.222. The second-order valence-electron chi connectivity index (χ2n) is 8.72. The molecule has 34 heavy (non-hydrogen) atoms. The Hall–Kier alpha value is -4.15. The number of nitrogens with one attached hydrogen (secondary N) is 1. The molecule has 3 heterocycles. The third-order valence-corrected chi connectivity index (χ3v) is 6.62. The Morgan fingerprint density at radius 1 is 1.15 bits per heavy atom. The molecule has 1 atom stereocenters. The van der Waals surface area contributed by atoms with Gasteiger partial charge in [-0.15, -0.1) is 0 Å². The summed E-state index contributed by atoms with van der Waals surface area (Å²) in [6.45, 7) is 9.58. The molecule has 7 heteroatoms. The summed E-state index contributed by atoms with van der Waals surface area (Å²) in [5.74, 6) is 1.25. The number of rotatable bonds is 0. The van der Waals surface area contributed by atoms with E-state index in [1.54, 1.807) is 6.07 Å². The lowest BCUT2D eigenvalue weighted by atomic mass is 10.1. The molecule has 0 radical (unpaired) electrons. The minimum atomic E-state index is -0.196. The highest BCUT2D eigenvalue weighted by Crippen LogP contribution is 2.37. The van der Waals surface area contributed by atoms with Gasteiger partial charge in [0.15, 0.2) is 0 Å². The summed E-state index contributed by atoms with van der Waals surface area (Å²) in [7, 11) is 0. The molecule has 7 nitrogen and oxygen atoms in total. The molecule has 1 saturated heterocycles. The molecule has 1 fully saturated rings. The highest BCUT2D eigenvalue weighted by atomic mass is 16.5. The van der Waals surface area contributed by atoms with Gasteiger partial charge in [0.05, 0.1) is 24.6 Å². The van der Waals surface area contributed by atoms with Crippen molar-refractivity contribution in [3.8, 4) is 11.5 Å². The average molecular weight is 450 g/mol. The topological polar surface area (TPSA) is 63.8 Å². The fourth-order valence-electron chi connectivity index (χ4n) is 4.87. The highest BCUT2D eigenvalue weighted by Gasteiger charge is 2.33. The van der Waals surface area contributed by atoms with Crippen LogP contribution in [0.4, 0.5) is 11.4 Å². The molecule has 1 amide bonds. The zero-order chi connectivity index (χ0) is 23.1. The Labute approximate surface area is 197 Å². The lowest BCUT2D eigenvalue weighted by Gasteiger charge is -2.20. The van der Waals surface area contributed by atoms with Gasteiger partial charge >= 0.3 is 0 Å². The molecule has 0 saturated carbocycles. The number of amides is 1. The number of aromatic nitrogens is 2. The van der Waals surface area contributed by atoms with E-state index >= 15 is 0 Å². The van der Waals surface area contributed by atoms with Crippen molar-refractivity contribution in [3.63, 3.8) is 0 Å². The second-order valence-corrected chi connectivity index (χ2v) is 8.72.